The maximum Gasteiger partial charge on any atom is 0.573 e. The van der Waals surface area contributed by atoms with Crippen molar-refractivity contribution in [1.29, 1.82) is 5.26 Å². The zero-order chi connectivity index (χ0) is 15.2. The van der Waals surface area contributed by atoms with Crippen LogP contribution in [0.4, 0.5) is 13.2 Å². The largest absolute Gasteiger partial charge is 0.573 e. The van der Waals surface area contributed by atoms with E-state index in [2.05, 4.69) is 10.1 Å². The van der Waals surface area contributed by atoms with Crippen LogP contribution >= 0.6 is 0 Å². The lowest BCUT2D eigenvalue weighted by Gasteiger charge is -2.16. The number of benzene rings is 1. The monoisotopic (exact) mass is 287 g/mol. The van der Waals surface area contributed by atoms with Crippen LogP contribution in [-0.2, 0) is 0 Å². The second-order valence-corrected chi connectivity index (χ2v) is 4.44. The van der Waals surface area contributed by atoms with Gasteiger partial charge in [0.2, 0.25) is 0 Å². The minimum atomic E-state index is -4.74. The van der Waals surface area contributed by atoms with Crippen molar-refractivity contribution in [2.24, 2.45) is 0 Å². The van der Waals surface area contributed by atoms with Gasteiger partial charge in [-0.1, -0.05) is 12.1 Å². The van der Waals surface area contributed by atoms with E-state index in [1.54, 1.807) is 6.07 Å². The first-order valence-electron chi connectivity index (χ1n) is 5.95. The van der Waals surface area contributed by atoms with Gasteiger partial charge in [-0.25, -0.2) is 0 Å². The minimum absolute atomic E-state index is 0.329. The third-order valence-electron chi connectivity index (χ3n) is 2.46. The normalized spacial score (nSPS) is 13.1. The number of nitrogens with zero attached hydrogens (tertiary/aromatic N) is 2. The molecule has 1 unspecified atom stereocenters. The Balaban J connectivity index is 2.73. The maximum atomic E-state index is 12.1. The van der Waals surface area contributed by atoms with E-state index in [0.29, 0.717) is 12.1 Å². The smallest absolute Gasteiger partial charge is 0.406 e. The molecule has 1 aromatic rings. The summed E-state index contributed by atoms with van der Waals surface area (Å²) >= 11 is 0. The Kier molecular flexibility index (Phi) is 5.80. The third kappa shape index (κ3) is 5.91. The van der Waals surface area contributed by atoms with Crippen molar-refractivity contribution in [2.45, 2.75) is 12.4 Å². The zero-order valence-corrected chi connectivity index (χ0v) is 11.2. The van der Waals surface area contributed by atoms with E-state index in [0.717, 1.165) is 6.54 Å². The molecule has 0 aliphatic rings. The molecule has 0 fully saturated rings. The number of likely N-dealkylation sites (N-methyl/N-ethyl adjacent to an activating group) is 1. The topological polar surface area (TPSA) is 48.3 Å². The van der Waals surface area contributed by atoms with Crippen molar-refractivity contribution in [2.75, 3.05) is 27.2 Å². The van der Waals surface area contributed by atoms with Gasteiger partial charge in [0.05, 0.1) is 6.07 Å². The number of nitriles is 1. The van der Waals surface area contributed by atoms with Crippen LogP contribution in [0.5, 0.6) is 5.75 Å². The highest BCUT2D eigenvalue weighted by Gasteiger charge is 2.31. The Hall–Kier alpha value is -1.78. The molecular weight excluding hydrogens is 271 g/mol. The van der Waals surface area contributed by atoms with Crippen LogP contribution < -0.4 is 10.1 Å². The molecule has 0 spiro atoms. The first kappa shape index (κ1) is 16.3. The molecule has 1 N–H and O–H groups in total. The quantitative estimate of drug-likeness (QED) is 0.872. The van der Waals surface area contributed by atoms with Crippen molar-refractivity contribution < 1.29 is 17.9 Å². The van der Waals surface area contributed by atoms with E-state index < -0.39 is 12.4 Å². The number of ether oxygens (including phenoxy) is 1. The Morgan fingerprint density at radius 1 is 1.40 bits per heavy atom. The van der Waals surface area contributed by atoms with Gasteiger partial charge in [0.1, 0.15) is 11.8 Å². The number of nitrogens with one attached hydrogen (secondary N) is 1. The van der Waals surface area contributed by atoms with Gasteiger partial charge in [0.25, 0.3) is 0 Å². The lowest BCUT2D eigenvalue weighted by Crippen LogP contribution is -2.29. The summed E-state index contributed by atoms with van der Waals surface area (Å²) in [6.45, 7) is 1.27. The van der Waals surface area contributed by atoms with E-state index in [1.165, 1.54) is 18.2 Å². The second-order valence-electron chi connectivity index (χ2n) is 4.44. The van der Waals surface area contributed by atoms with E-state index in [9.17, 15) is 13.2 Å². The van der Waals surface area contributed by atoms with Gasteiger partial charge < -0.3 is 9.64 Å². The lowest BCUT2D eigenvalue weighted by atomic mass is 10.1. The van der Waals surface area contributed by atoms with Crippen LogP contribution in [0.15, 0.2) is 24.3 Å². The van der Waals surface area contributed by atoms with E-state index in [4.69, 9.17) is 5.26 Å². The van der Waals surface area contributed by atoms with Crippen LogP contribution in [-0.4, -0.2) is 38.4 Å². The molecule has 0 saturated carbocycles. The summed E-state index contributed by atoms with van der Waals surface area (Å²) in [6.07, 6.45) is -4.74. The van der Waals surface area contributed by atoms with Crippen molar-refractivity contribution in [3.63, 3.8) is 0 Å². The third-order valence-corrected chi connectivity index (χ3v) is 2.46. The average Bonchev–Trinajstić information content (AvgIpc) is 2.32. The van der Waals surface area contributed by atoms with Crippen LogP contribution in [0.25, 0.3) is 0 Å². The Morgan fingerprint density at radius 3 is 2.65 bits per heavy atom. The highest BCUT2D eigenvalue weighted by atomic mass is 19.4. The summed E-state index contributed by atoms with van der Waals surface area (Å²) in [6, 6.07) is 6.76. The Bertz CT molecular complexity index is 469. The van der Waals surface area contributed by atoms with Crippen molar-refractivity contribution in [3.8, 4) is 11.8 Å². The molecule has 0 bridgehead atoms. The summed E-state index contributed by atoms with van der Waals surface area (Å²) in [5, 5.41) is 12.0. The number of rotatable bonds is 6. The highest BCUT2D eigenvalue weighted by molar-refractivity contribution is 5.33. The van der Waals surface area contributed by atoms with Crippen LogP contribution in [0.2, 0.25) is 0 Å². The van der Waals surface area contributed by atoms with Gasteiger partial charge in [-0.05, 0) is 31.8 Å². The standard InChI is InChI=1S/C13H16F3N3O/c1-19(2)7-6-18-12(9-17)10-4-3-5-11(8-10)20-13(14,15)16/h3-5,8,12,18H,6-7H2,1-2H3. The lowest BCUT2D eigenvalue weighted by molar-refractivity contribution is -0.274. The zero-order valence-electron chi connectivity index (χ0n) is 11.2. The van der Waals surface area contributed by atoms with Crippen molar-refractivity contribution in [3.05, 3.63) is 29.8 Å². The SMILES string of the molecule is CN(C)CCNC(C#N)c1cccc(OC(F)(F)F)c1. The molecule has 0 aliphatic carbocycles. The van der Waals surface area contributed by atoms with E-state index in [-0.39, 0.29) is 5.75 Å². The van der Waals surface area contributed by atoms with E-state index in [1.807, 2.05) is 25.1 Å². The van der Waals surface area contributed by atoms with Crippen LogP contribution in [0.3, 0.4) is 0 Å². The molecular formula is C13H16F3N3O. The number of hydrogen-bond acceptors (Lipinski definition) is 4. The van der Waals surface area contributed by atoms with Crippen LogP contribution in [0, 0.1) is 11.3 Å². The molecule has 1 aromatic carbocycles. The van der Waals surface area contributed by atoms with Gasteiger partial charge in [0, 0.05) is 13.1 Å². The molecule has 0 saturated heterocycles. The fraction of sp³-hybridized carbons (Fsp3) is 0.462. The Morgan fingerprint density at radius 2 is 2.10 bits per heavy atom. The van der Waals surface area contributed by atoms with Gasteiger partial charge in [-0.15, -0.1) is 13.2 Å². The molecule has 0 aliphatic heterocycles. The van der Waals surface area contributed by atoms with Crippen LogP contribution in [0.1, 0.15) is 11.6 Å². The first-order valence-corrected chi connectivity index (χ1v) is 5.95. The number of halogens is 3. The van der Waals surface area contributed by atoms with Gasteiger partial charge in [0.15, 0.2) is 0 Å². The van der Waals surface area contributed by atoms with Gasteiger partial charge in [-0.2, -0.15) is 5.26 Å². The minimum Gasteiger partial charge on any atom is -0.406 e. The predicted octanol–water partition coefficient (Wildman–Crippen LogP) is 2.30. The molecule has 1 rings (SSSR count). The van der Waals surface area contributed by atoms with E-state index >= 15 is 0 Å². The molecule has 1 atom stereocenters. The highest BCUT2D eigenvalue weighted by Crippen LogP contribution is 2.25. The molecule has 0 heterocycles. The Labute approximate surface area is 115 Å². The summed E-state index contributed by atoms with van der Waals surface area (Å²) in [7, 11) is 3.78. The maximum absolute atomic E-state index is 12.1. The summed E-state index contributed by atoms with van der Waals surface area (Å²) in [5.41, 5.74) is 0.438. The molecule has 0 aromatic heterocycles. The molecule has 0 amide bonds. The fourth-order valence-corrected chi connectivity index (χ4v) is 1.56. The van der Waals surface area contributed by atoms with Gasteiger partial charge >= 0.3 is 6.36 Å². The summed E-state index contributed by atoms with van der Waals surface area (Å²) in [5.74, 6) is -0.329. The second kappa shape index (κ2) is 7.12. The van der Waals surface area contributed by atoms with Crippen molar-refractivity contribution >= 4 is 0 Å². The van der Waals surface area contributed by atoms with Crippen molar-refractivity contribution in [1.82, 2.24) is 10.2 Å². The predicted molar refractivity (Wildman–Crippen MR) is 68.0 cm³/mol. The summed E-state index contributed by atoms with van der Waals surface area (Å²) in [4.78, 5) is 1.94. The fourth-order valence-electron chi connectivity index (χ4n) is 1.56. The average molecular weight is 287 g/mol. The molecule has 7 heteroatoms. The molecule has 4 nitrogen and oxygen atoms in total. The molecule has 0 radical (unpaired) electrons. The first-order chi connectivity index (χ1) is 9.31. The molecule has 110 valence electrons. The number of hydrogen-bond donors (Lipinski definition) is 1. The van der Waals surface area contributed by atoms with Gasteiger partial charge in [-0.3, -0.25) is 5.32 Å². The summed E-state index contributed by atoms with van der Waals surface area (Å²) < 4.78 is 40.3. The molecule has 20 heavy (non-hydrogen) atoms. The number of alkyl halides is 3.